The third-order valence-electron chi connectivity index (χ3n) is 3.26. The van der Waals surface area contributed by atoms with Gasteiger partial charge in [0.2, 0.25) is 0 Å². The van der Waals surface area contributed by atoms with Gasteiger partial charge in [0.05, 0.1) is 13.2 Å². The maximum Gasteiger partial charge on any atom is 0.401 e. The molecule has 1 rings (SSSR count). The maximum atomic E-state index is 12.6. The van der Waals surface area contributed by atoms with Crippen molar-refractivity contribution in [3.63, 3.8) is 0 Å². The van der Waals surface area contributed by atoms with E-state index in [0.717, 1.165) is 12.8 Å². The van der Waals surface area contributed by atoms with Gasteiger partial charge in [0.25, 0.3) is 0 Å². The highest BCUT2D eigenvalue weighted by Gasteiger charge is 2.38. The number of carbonyl (C=O) groups is 1. The smallest absolute Gasteiger partial charge is 0.401 e. The summed E-state index contributed by atoms with van der Waals surface area (Å²) in [7, 11) is 0. The van der Waals surface area contributed by atoms with Gasteiger partial charge in [0.1, 0.15) is 6.04 Å². The maximum absolute atomic E-state index is 12.6. The fourth-order valence-corrected chi connectivity index (χ4v) is 2.27. The van der Waals surface area contributed by atoms with Crippen LogP contribution >= 0.6 is 0 Å². The summed E-state index contributed by atoms with van der Waals surface area (Å²) < 4.78 is 42.6. The van der Waals surface area contributed by atoms with E-state index in [1.165, 1.54) is 4.90 Å². The second-order valence-corrected chi connectivity index (χ2v) is 5.73. The van der Waals surface area contributed by atoms with Crippen LogP contribution in [0.3, 0.4) is 0 Å². The van der Waals surface area contributed by atoms with Gasteiger partial charge in [-0.25, -0.2) is 0 Å². The van der Waals surface area contributed by atoms with Crippen LogP contribution in [-0.4, -0.2) is 54.9 Å². The van der Waals surface area contributed by atoms with Gasteiger partial charge in [-0.2, -0.15) is 13.2 Å². The van der Waals surface area contributed by atoms with Gasteiger partial charge in [-0.3, -0.25) is 9.69 Å². The monoisotopic (exact) mass is 310 g/mol. The van der Waals surface area contributed by atoms with Crippen molar-refractivity contribution in [2.24, 2.45) is 0 Å². The highest BCUT2D eigenvalue weighted by molar-refractivity contribution is 5.75. The summed E-state index contributed by atoms with van der Waals surface area (Å²) in [6.07, 6.45) is -2.27. The molecule has 4 nitrogen and oxygen atoms in total. The normalized spacial score (nSPS) is 17.3. The Hall–Kier alpha value is -0.820. The van der Waals surface area contributed by atoms with Crippen molar-refractivity contribution in [2.45, 2.75) is 64.3 Å². The molecule has 0 saturated heterocycles. The molecule has 1 aliphatic rings. The van der Waals surface area contributed by atoms with Crippen molar-refractivity contribution >= 4 is 5.97 Å². The molecule has 1 fully saturated rings. The Labute approximate surface area is 124 Å². The lowest BCUT2D eigenvalue weighted by Crippen LogP contribution is -2.45. The van der Waals surface area contributed by atoms with E-state index in [4.69, 9.17) is 4.74 Å². The second kappa shape index (κ2) is 7.98. The second-order valence-electron chi connectivity index (χ2n) is 5.73. The first-order valence-corrected chi connectivity index (χ1v) is 7.46. The zero-order chi connectivity index (χ0) is 16.0. The van der Waals surface area contributed by atoms with Gasteiger partial charge in [0.15, 0.2) is 0 Å². The van der Waals surface area contributed by atoms with E-state index in [1.807, 2.05) is 13.8 Å². The van der Waals surface area contributed by atoms with Crippen molar-refractivity contribution in [1.82, 2.24) is 10.2 Å². The molecule has 21 heavy (non-hydrogen) atoms. The van der Waals surface area contributed by atoms with Crippen LogP contribution < -0.4 is 5.32 Å². The molecule has 0 bridgehead atoms. The van der Waals surface area contributed by atoms with Crippen LogP contribution in [0, 0.1) is 0 Å². The van der Waals surface area contributed by atoms with Gasteiger partial charge in [-0.15, -0.1) is 0 Å². The molecule has 0 heterocycles. The van der Waals surface area contributed by atoms with Gasteiger partial charge < -0.3 is 10.1 Å². The minimum Gasteiger partial charge on any atom is -0.465 e. The number of hydrogen-bond acceptors (Lipinski definition) is 4. The predicted octanol–water partition coefficient (Wildman–Crippen LogP) is 2.33. The van der Waals surface area contributed by atoms with Crippen molar-refractivity contribution in [3.05, 3.63) is 0 Å². The first kappa shape index (κ1) is 18.2. The number of nitrogens with zero attached hydrogens (tertiary/aromatic N) is 1. The molecule has 1 aliphatic carbocycles. The predicted molar refractivity (Wildman–Crippen MR) is 74.0 cm³/mol. The molecule has 0 amide bonds. The zero-order valence-corrected chi connectivity index (χ0v) is 12.9. The first-order valence-electron chi connectivity index (χ1n) is 7.46. The van der Waals surface area contributed by atoms with Crippen LogP contribution in [0.25, 0.3) is 0 Å². The van der Waals surface area contributed by atoms with Crippen LogP contribution in [0.2, 0.25) is 0 Å². The number of halogens is 3. The molecule has 0 aromatic heterocycles. The van der Waals surface area contributed by atoms with E-state index in [2.05, 4.69) is 5.32 Å². The van der Waals surface area contributed by atoms with Crippen molar-refractivity contribution < 1.29 is 22.7 Å². The van der Waals surface area contributed by atoms with Crippen LogP contribution in [0.15, 0.2) is 0 Å². The minimum absolute atomic E-state index is 0.00789. The number of esters is 1. The van der Waals surface area contributed by atoms with E-state index in [9.17, 15) is 18.0 Å². The third kappa shape index (κ3) is 7.66. The number of hydrogen-bond donors (Lipinski definition) is 1. The van der Waals surface area contributed by atoms with Crippen LogP contribution in [0.5, 0.6) is 0 Å². The zero-order valence-electron chi connectivity index (χ0n) is 12.9. The van der Waals surface area contributed by atoms with Crippen molar-refractivity contribution in [1.29, 1.82) is 0 Å². The van der Waals surface area contributed by atoms with Crippen LogP contribution in [0.1, 0.15) is 40.0 Å². The molecule has 1 saturated carbocycles. The quantitative estimate of drug-likeness (QED) is 0.664. The lowest BCUT2D eigenvalue weighted by Gasteiger charge is -2.26. The fourth-order valence-electron chi connectivity index (χ4n) is 2.27. The van der Waals surface area contributed by atoms with Crippen LogP contribution in [0.4, 0.5) is 13.2 Å². The summed E-state index contributed by atoms with van der Waals surface area (Å²) in [5.74, 6) is -0.394. The van der Waals surface area contributed by atoms with Gasteiger partial charge in [-0.1, -0.05) is 13.8 Å². The van der Waals surface area contributed by atoms with Gasteiger partial charge in [-0.05, 0) is 26.2 Å². The van der Waals surface area contributed by atoms with Gasteiger partial charge in [0, 0.05) is 18.6 Å². The first-order chi connectivity index (χ1) is 9.73. The Morgan fingerprint density at radius 2 is 2.00 bits per heavy atom. The number of alkyl halides is 3. The number of ether oxygens (including phenoxy) is 1. The van der Waals surface area contributed by atoms with E-state index < -0.39 is 24.7 Å². The summed E-state index contributed by atoms with van der Waals surface area (Å²) in [5, 5.41) is 3.06. The molecular formula is C14H25F3N2O2. The molecule has 0 radical (unpaired) electrons. The topological polar surface area (TPSA) is 41.6 Å². The summed E-state index contributed by atoms with van der Waals surface area (Å²) in [5.41, 5.74) is 0. The fraction of sp³-hybridized carbons (Fsp3) is 0.929. The Kier molecular flexibility index (Phi) is 6.93. The lowest BCUT2D eigenvalue weighted by molar-refractivity contribution is -0.149. The average molecular weight is 310 g/mol. The SMILES string of the molecule is CCOC(=O)C(CCN(CC(F)(F)F)C1CC1)NC(C)C. The van der Waals surface area contributed by atoms with Crippen LogP contribution in [-0.2, 0) is 9.53 Å². The molecule has 0 aromatic rings. The Bertz CT molecular complexity index is 331. The summed E-state index contributed by atoms with van der Waals surface area (Å²) in [4.78, 5) is 13.3. The largest absolute Gasteiger partial charge is 0.465 e. The summed E-state index contributed by atoms with van der Waals surface area (Å²) in [6.45, 7) is 5.10. The van der Waals surface area contributed by atoms with Crippen molar-refractivity contribution in [3.8, 4) is 0 Å². The number of carbonyl (C=O) groups excluding carboxylic acids is 1. The molecule has 1 unspecified atom stereocenters. The van der Waals surface area contributed by atoms with E-state index in [0.29, 0.717) is 6.42 Å². The summed E-state index contributed by atoms with van der Waals surface area (Å²) >= 11 is 0. The molecule has 0 aromatic carbocycles. The Morgan fingerprint density at radius 1 is 1.38 bits per heavy atom. The minimum atomic E-state index is -4.20. The summed E-state index contributed by atoms with van der Waals surface area (Å²) in [6, 6.07) is -0.482. The number of rotatable bonds is 9. The lowest BCUT2D eigenvalue weighted by atomic mass is 10.1. The van der Waals surface area contributed by atoms with E-state index in [-0.39, 0.29) is 25.2 Å². The third-order valence-corrected chi connectivity index (χ3v) is 3.26. The Balaban J connectivity index is 2.54. The number of nitrogens with one attached hydrogen (secondary N) is 1. The Morgan fingerprint density at radius 3 is 2.43 bits per heavy atom. The van der Waals surface area contributed by atoms with Crippen molar-refractivity contribution in [2.75, 3.05) is 19.7 Å². The standard InChI is InChI=1S/C14H25F3N2O2/c1-4-21-13(20)12(18-10(2)3)7-8-19(11-5-6-11)9-14(15,16)17/h10-12,18H,4-9H2,1-3H3. The molecular weight excluding hydrogens is 285 g/mol. The molecule has 1 N–H and O–H groups in total. The molecule has 124 valence electrons. The van der Waals surface area contributed by atoms with E-state index in [1.54, 1.807) is 6.92 Å². The van der Waals surface area contributed by atoms with Gasteiger partial charge >= 0.3 is 12.1 Å². The molecule has 1 atom stereocenters. The molecule has 0 spiro atoms. The highest BCUT2D eigenvalue weighted by Crippen LogP contribution is 2.30. The average Bonchev–Trinajstić information content (AvgIpc) is 3.15. The molecule has 7 heteroatoms. The van der Waals surface area contributed by atoms with E-state index >= 15 is 0 Å². The highest BCUT2D eigenvalue weighted by atomic mass is 19.4. The molecule has 0 aliphatic heterocycles.